The van der Waals surface area contributed by atoms with E-state index in [-0.39, 0.29) is 17.9 Å². The molecular formula is C28H25NO6. The summed E-state index contributed by atoms with van der Waals surface area (Å²) < 4.78 is 16.8. The van der Waals surface area contributed by atoms with E-state index in [1.165, 1.54) is 4.90 Å². The smallest absolute Gasteiger partial charge is 0.295 e. The molecule has 0 radical (unpaired) electrons. The molecule has 7 nitrogen and oxygen atoms in total. The number of amides is 1. The Hall–Kier alpha value is -4.26. The van der Waals surface area contributed by atoms with Gasteiger partial charge in [0.2, 0.25) is 0 Å². The number of carbonyl (C=O) groups excluding carboxylic acids is 2. The second-order valence-corrected chi connectivity index (χ2v) is 8.27. The van der Waals surface area contributed by atoms with Crippen LogP contribution in [0.5, 0.6) is 17.2 Å². The van der Waals surface area contributed by atoms with Crippen molar-refractivity contribution in [3.05, 3.63) is 95.1 Å². The van der Waals surface area contributed by atoms with Gasteiger partial charge < -0.3 is 24.2 Å². The van der Waals surface area contributed by atoms with Crippen LogP contribution in [0.1, 0.15) is 29.7 Å². The van der Waals surface area contributed by atoms with Crippen LogP contribution >= 0.6 is 0 Å². The van der Waals surface area contributed by atoms with E-state index in [0.29, 0.717) is 48.2 Å². The molecule has 1 fully saturated rings. The van der Waals surface area contributed by atoms with E-state index in [9.17, 15) is 14.7 Å². The van der Waals surface area contributed by atoms with E-state index in [1.54, 1.807) is 30.3 Å². The van der Waals surface area contributed by atoms with Crippen LogP contribution in [0.3, 0.4) is 0 Å². The molecule has 2 heterocycles. The lowest BCUT2D eigenvalue weighted by atomic mass is 9.95. The van der Waals surface area contributed by atoms with Gasteiger partial charge in [0.25, 0.3) is 11.7 Å². The van der Waals surface area contributed by atoms with Gasteiger partial charge in [-0.1, -0.05) is 42.5 Å². The van der Waals surface area contributed by atoms with Gasteiger partial charge in [-0.05, 0) is 48.4 Å². The average Bonchev–Trinajstić information content (AvgIpc) is 3.14. The molecular weight excluding hydrogens is 446 g/mol. The summed E-state index contributed by atoms with van der Waals surface area (Å²) in [6.07, 6.45) is 0. The van der Waals surface area contributed by atoms with Crippen molar-refractivity contribution in [2.75, 3.05) is 19.8 Å². The zero-order chi connectivity index (χ0) is 24.4. The molecule has 3 aromatic rings. The summed E-state index contributed by atoms with van der Waals surface area (Å²) in [6, 6.07) is 20.9. The van der Waals surface area contributed by atoms with Gasteiger partial charge in [-0.15, -0.1) is 0 Å². The summed E-state index contributed by atoms with van der Waals surface area (Å²) in [5, 5.41) is 11.3. The van der Waals surface area contributed by atoms with Crippen molar-refractivity contribution in [3.63, 3.8) is 0 Å². The van der Waals surface area contributed by atoms with Gasteiger partial charge in [-0.3, -0.25) is 9.59 Å². The highest BCUT2D eigenvalue weighted by Crippen LogP contribution is 2.42. The van der Waals surface area contributed by atoms with Gasteiger partial charge in [-0.2, -0.15) is 0 Å². The van der Waals surface area contributed by atoms with Crippen molar-refractivity contribution in [1.29, 1.82) is 0 Å². The topological polar surface area (TPSA) is 85.3 Å². The predicted molar refractivity (Wildman–Crippen MR) is 129 cm³/mol. The molecule has 178 valence electrons. The maximum Gasteiger partial charge on any atom is 0.295 e. The van der Waals surface area contributed by atoms with E-state index in [4.69, 9.17) is 14.2 Å². The first-order valence-corrected chi connectivity index (χ1v) is 11.5. The van der Waals surface area contributed by atoms with Crippen molar-refractivity contribution < 1.29 is 28.9 Å². The molecule has 2 aliphatic heterocycles. The molecule has 2 aliphatic rings. The number of ether oxygens (including phenoxy) is 3. The van der Waals surface area contributed by atoms with Gasteiger partial charge in [0.15, 0.2) is 11.5 Å². The number of carbonyl (C=O) groups is 2. The van der Waals surface area contributed by atoms with Crippen molar-refractivity contribution in [2.45, 2.75) is 19.5 Å². The zero-order valence-electron chi connectivity index (χ0n) is 19.3. The summed E-state index contributed by atoms with van der Waals surface area (Å²) in [5.74, 6) is 0.0914. The molecule has 1 saturated heterocycles. The quantitative estimate of drug-likeness (QED) is 0.324. The Bertz CT molecular complexity index is 1280. The molecule has 1 amide bonds. The van der Waals surface area contributed by atoms with Gasteiger partial charge in [-0.25, -0.2) is 0 Å². The van der Waals surface area contributed by atoms with Gasteiger partial charge >= 0.3 is 0 Å². The number of aliphatic hydroxyl groups excluding tert-OH is 1. The first-order chi connectivity index (χ1) is 17.1. The number of likely N-dealkylation sites (tertiary alicyclic amines) is 1. The van der Waals surface area contributed by atoms with E-state index in [2.05, 4.69) is 0 Å². The van der Waals surface area contributed by atoms with Crippen molar-refractivity contribution >= 4 is 17.4 Å². The van der Waals surface area contributed by atoms with E-state index >= 15 is 0 Å². The SMILES string of the molecule is CCOc1ccc([C@H]2C(=C(O)c3ccc4c(c3)OCCO4)C(=O)C(=O)N2Cc2ccccc2)cc1. The van der Waals surface area contributed by atoms with Crippen molar-refractivity contribution in [2.24, 2.45) is 0 Å². The Kier molecular flexibility index (Phi) is 6.14. The minimum atomic E-state index is -0.765. The van der Waals surface area contributed by atoms with E-state index in [0.717, 1.165) is 5.56 Å². The van der Waals surface area contributed by atoms with Crippen LogP contribution in [0, 0.1) is 0 Å². The minimum Gasteiger partial charge on any atom is -0.507 e. The highest BCUT2D eigenvalue weighted by atomic mass is 16.6. The number of nitrogens with zero attached hydrogens (tertiary/aromatic N) is 1. The molecule has 7 heteroatoms. The summed E-state index contributed by atoms with van der Waals surface area (Å²) in [7, 11) is 0. The van der Waals surface area contributed by atoms with Crippen LogP contribution in [0.2, 0.25) is 0 Å². The number of fused-ring (bicyclic) bond motifs is 1. The number of Topliss-reactive ketones (excluding diaryl/α,β-unsaturated/α-hetero) is 1. The molecule has 5 rings (SSSR count). The molecule has 0 saturated carbocycles. The molecule has 0 aromatic heterocycles. The maximum absolute atomic E-state index is 13.3. The van der Waals surface area contributed by atoms with Crippen LogP contribution in [-0.2, 0) is 16.1 Å². The van der Waals surface area contributed by atoms with Gasteiger partial charge in [0, 0.05) is 12.1 Å². The number of aliphatic hydroxyl groups is 1. The van der Waals surface area contributed by atoms with Crippen LogP contribution in [0.4, 0.5) is 0 Å². The first-order valence-electron chi connectivity index (χ1n) is 11.5. The Morgan fingerprint density at radius 1 is 0.971 bits per heavy atom. The third-order valence-corrected chi connectivity index (χ3v) is 6.06. The summed E-state index contributed by atoms with van der Waals surface area (Å²) in [4.78, 5) is 28.0. The molecule has 35 heavy (non-hydrogen) atoms. The Labute approximate surface area is 203 Å². The number of benzene rings is 3. The number of hydrogen-bond donors (Lipinski definition) is 1. The third-order valence-electron chi connectivity index (χ3n) is 6.06. The largest absolute Gasteiger partial charge is 0.507 e. The lowest BCUT2D eigenvalue weighted by Gasteiger charge is -2.26. The lowest BCUT2D eigenvalue weighted by Crippen LogP contribution is -2.29. The first kappa shape index (κ1) is 22.5. The fourth-order valence-electron chi connectivity index (χ4n) is 4.43. The normalized spacial score (nSPS) is 18.5. The van der Waals surface area contributed by atoms with E-state index < -0.39 is 17.7 Å². The fraction of sp³-hybridized carbons (Fsp3) is 0.214. The second kappa shape index (κ2) is 9.54. The number of ketones is 1. The van der Waals surface area contributed by atoms with Crippen molar-refractivity contribution in [3.8, 4) is 17.2 Å². The van der Waals surface area contributed by atoms with Crippen LogP contribution < -0.4 is 14.2 Å². The highest BCUT2D eigenvalue weighted by Gasteiger charge is 2.46. The lowest BCUT2D eigenvalue weighted by molar-refractivity contribution is -0.140. The molecule has 3 aromatic carbocycles. The number of rotatable bonds is 6. The molecule has 0 bridgehead atoms. The third kappa shape index (κ3) is 4.33. The summed E-state index contributed by atoms with van der Waals surface area (Å²) in [5.41, 5.74) is 1.99. The predicted octanol–water partition coefficient (Wildman–Crippen LogP) is 4.48. The van der Waals surface area contributed by atoms with E-state index in [1.807, 2.05) is 49.4 Å². The molecule has 0 spiro atoms. The minimum absolute atomic E-state index is 0.0340. The molecule has 1 N–H and O–H groups in total. The zero-order valence-corrected chi connectivity index (χ0v) is 19.3. The Morgan fingerprint density at radius 3 is 2.40 bits per heavy atom. The molecule has 0 aliphatic carbocycles. The average molecular weight is 472 g/mol. The van der Waals surface area contributed by atoms with Gasteiger partial charge in [0.1, 0.15) is 24.7 Å². The van der Waals surface area contributed by atoms with Crippen LogP contribution in [0.25, 0.3) is 5.76 Å². The van der Waals surface area contributed by atoms with Crippen LogP contribution in [0.15, 0.2) is 78.4 Å². The Morgan fingerprint density at radius 2 is 1.69 bits per heavy atom. The summed E-state index contributed by atoms with van der Waals surface area (Å²) >= 11 is 0. The monoisotopic (exact) mass is 471 g/mol. The highest BCUT2D eigenvalue weighted by molar-refractivity contribution is 6.46. The standard InChI is InChI=1S/C28H25NO6/c1-2-33-21-11-8-19(9-12-21)25-24(26(30)20-10-13-22-23(16-20)35-15-14-34-22)27(31)28(32)29(25)17-18-6-4-3-5-7-18/h3-13,16,25,30H,2,14-15,17H2,1H3/t25-/m0/s1. The van der Waals surface area contributed by atoms with Crippen LogP contribution in [-0.4, -0.2) is 41.5 Å². The van der Waals surface area contributed by atoms with Crippen molar-refractivity contribution in [1.82, 2.24) is 4.90 Å². The fourth-order valence-corrected chi connectivity index (χ4v) is 4.43. The molecule has 0 unspecified atom stereocenters. The summed E-state index contributed by atoms with van der Waals surface area (Å²) in [6.45, 7) is 3.48. The number of hydrogen-bond acceptors (Lipinski definition) is 6. The maximum atomic E-state index is 13.3. The second-order valence-electron chi connectivity index (χ2n) is 8.27. The van der Waals surface area contributed by atoms with Gasteiger partial charge in [0.05, 0.1) is 18.2 Å². The Balaban J connectivity index is 1.61. The molecule has 1 atom stereocenters.